The lowest BCUT2D eigenvalue weighted by atomic mass is 10.1. The number of sulfonamides is 1. The first-order valence-corrected chi connectivity index (χ1v) is 7.91. The molecule has 1 amide bonds. The Kier molecular flexibility index (Phi) is 4.32. The van der Waals surface area contributed by atoms with Gasteiger partial charge in [0.15, 0.2) is 0 Å². The van der Waals surface area contributed by atoms with E-state index in [1.54, 1.807) is 31.2 Å². The molecule has 2 rings (SSSR count). The highest BCUT2D eigenvalue weighted by molar-refractivity contribution is 7.89. The number of carbonyl (C=O) groups excluding carboxylic acids is 1. The zero-order chi connectivity index (χ0) is 15.6. The third-order valence-corrected chi connectivity index (χ3v) is 4.25. The second kappa shape index (κ2) is 5.85. The molecule has 0 heterocycles. The Labute approximate surface area is 127 Å². The fourth-order valence-electron chi connectivity index (χ4n) is 1.80. The highest BCUT2D eigenvalue weighted by Gasteiger charge is 2.13. The molecule has 2 aromatic carbocycles. The van der Waals surface area contributed by atoms with Gasteiger partial charge < -0.3 is 5.32 Å². The number of halogens is 1. The molecule has 0 atom stereocenters. The number of nitrogens with two attached hydrogens (primary N) is 1. The molecule has 0 aromatic heterocycles. The Morgan fingerprint density at radius 1 is 1.19 bits per heavy atom. The number of anilines is 1. The van der Waals surface area contributed by atoms with Crippen molar-refractivity contribution in [2.45, 2.75) is 11.8 Å². The lowest BCUT2D eigenvalue weighted by Gasteiger charge is -2.09. The van der Waals surface area contributed by atoms with Gasteiger partial charge >= 0.3 is 0 Å². The summed E-state index contributed by atoms with van der Waals surface area (Å²) in [7, 11) is -3.81. The van der Waals surface area contributed by atoms with E-state index in [-0.39, 0.29) is 10.8 Å². The number of hydrogen-bond donors (Lipinski definition) is 2. The van der Waals surface area contributed by atoms with Gasteiger partial charge in [-0.15, -0.1) is 0 Å². The molecular weight excluding hydrogens is 312 g/mol. The number of hydrogen-bond acceptors (Lipinski definition) is 3. The van der Waals surface area contributed by atoms with Gasteiger partial charge in [-0.3, -0.25) is 4.79 Å². The Hall–Kier alpha value is -1.89. The standard InChI is InChI=1S/C14H13ClN2O3S/c1-9-12(6-3-7-13(9)15)14(18)17-10-4-2-5-11(8-10)21(16,19)20/h2-8H,1H3,(H,17,18)(H2,16,19,20). The van der Waals surface area contributed by atoms with Crippen molar-refractivity contribution in [2.75, 3.05) is 5.32 Å². The fourth-order valence-corrected chi connectivity index (χ4v) is 2.54. The predicted molar refractivity (Wildman–Crippen MR) is 82.0 cm³/mol. The van der Waals surface area contributed by atoms with Gasteiger partial charge in [-0.05, 0) is 42.8 Å². The second-order valence-electron chi connectivity index (χ2n) is 4.44. The van der Waals surface area contributed by atoms with Gasteiger partial charge in [0.05, 0.1) is 4.90 Å². The first kappa shape index (κ1) is 15.5. The lowest BCUT2D eigenvalue weighted by molar-refractivity contribution is 0.102. The summed E-state index contributed by atoms with van der Waals surface area (Å²) in [5, 5.41) is 8.16. The van der Waals surface area contributed by atoms with Crippen LogP contribution >= 0.6 is 11.6 Å². The van der Waals surface area contributed by atoms with Crippen LogP contribution in [0, 0.1) is 6.92 Å². The van der Waals surface area contributed by atoms with E-state index in [2.05, 4.69) is 5.32 Å². The van der Waals surface area contributed by atoms with Crippen LogP contribution in [-0.2, 0) is 10.0 Å². The number of carbonyl (C=O) groups is 1. The summed E-state index contributed by atoms with van der Waals surface area (Å²) in [5.41, 5.74) is 1.41. The molecule has 3 N–H and O–H groups in total. The van der Waals surface area contributed by atoms with Gasteiger partial charge in [0.25, 0.3) is 5.91 Å². The molecule has 0 bridgehead atoms. The number of nitrogens with one attached hydrogen (secondary N) is 1. The van der Waals surface area contributed by atoms with Crippen molar-refractivity contribution in [1.82, 2.24) is 0 Å². The molecule has 0 aliphatic carbocycles. The third kappa shape index (κ3) is 3.60. The van der Waals surface area contributed by atoms with Crippen LogP contribution in [0.5, 0.6) is 0 Å². The van der Waals surface area contributed by atoms with Crippen LogP contribution in [-0.4, -0.2) is 14.3 Å². The van der Waals surface area contributed by atoms with Crippen molar-refractivity contribution in [3.8, 4) is 0 Å². The minimum absolute atomic E-state index is 0.0666. The van der Waals surface area contributed by atoms with Gasteiger partial charge in [-0.25, -0.2) is 13.6 Å². The molecule has 0 saturated carbocycles. The second-order valence-corrected chi connectivity index (χ2v) is 6.41. The topological polar surface area (TPSA) is 89.3 Å². The molecular formula is C14H13ClN2O3S. The van der Waals surface area contributed by atoms with E-state index in [0.29, 0.717) is 21.8 Å². The maximum atomic E-state index is 12.2. The molecule has 0 aliphatic rings. The van der Waals surface area contributed by atoms with Crippen molar-refractivity contribution in [3.05, 3.63) is 58.6 Å². The van der Waals surface area contributed by atoms with E-state index < -0.39 is 10.0 Å². The Morgan fingerprint density at radius 3 is 2.52 bits per heavy atom. The monoisotopic (exact) mass is 324 g/mol. The van der Waals surface area contributed by atoms with Gasteiger partial charge in [0.1, 0.15) is 0 Å². The smallest absolute Gasteiger partial charge is 0.255 e. The zero-order valence-corrected chi connectivity index (χ0v) is 12.7. The summed E-state index contributed by atoms with van der Waals surface area (Å²) in [4.78, 5) is 12.1. The van der Waals surface area contributed by atoms with Gasteiger partial charge in [0.2, 0.25) is 10.0 Å². The lowest BCUT2D eigenvalue weighted by Crippen LogP contribution is -2.15. The molecule has 0 aliphatic heterocycles. The molecule has 110 valence electrons. The van der Waals surface area contributed by atoms with Crippen LogP contribution in [0.15, 0.2) is 47.4 Å². The average Bonchev–Trinajstić information content (AvgIpc) is 2.41. The number of benzene rings is 2. The normalized spacial score (nSPS) is 11.2. The molecule has 0 unspecified atom stereocenters. The summed E-state index contributed by atoms with van der Waals surface area (Å²) in [6.45, 7) is 1.73. The first-order chi connectivity index (χ1) is 9.79. The van der Waals surface area contributed by atoms with E-state index in [9.17, 15) is 13.2 Å². The van der Waals surface area contributed by atoms with Crippen molar-refractivity contribution in [3.63, 3.8) is 0 Å². The Morgan fingerprint density at radius 2 is 1.86 bits per heavy atom. The van der Waals surface area contributed by atoms with E-state index >= 15 is 0 Å². The van der Waals surface area contributed by atoms with E-state index in [1.807, 2.05) is 0 Å². The maximum absolute atomic E-state index is 12.2. The summed E-state index contributed by atoms with van der Waals surface area (Å²) in [6, 6.07) is 10.7. The number of rotatable bonds is 3. The number of amides is 1. The van der Waals surface area contributed by atoms with Crippen LogP contribution in [0.3, 0.4) is 0 Å². The van der Waals surface area contributed by atoms with Gasteiger partial charge in [-0.2, -0.15) is 0 Å². The summed E-state index contributed by atoms with van der Waals surface area (Å²) in [5.74, 6) is -0.374. The third-order valence-electron chi connectivity index (χ3n) is 2.93. The van der Waals surface area contributed by atoms with E-state index in [0.717, 1.165) is 0 Å². The van der Waals surface area contributed by atoms with Crippen LogP contribution in [0.2, 0.25) is 5.02 Å². The van der Waals surface area contributed by atoms with Gasteiger partial charge in [0, 0.05) is 16.3 Å². The molecule has 0 fully saturated rings. The van der Waals surface area contributed by atoms with Crippen molar-refractivity contribution < 1.29 is 13.2 Å². The minimum atomic E-state index is -3.81. The average molecular weight is 325 g/mol. The maximum Gasteiger partial charge on any atom is 0.255 e. The minimum Gasteiger partial charge on any atom is -0.322 e. The van der Waals surface area contributed by atoms with Crippen LogP contribution in [0.25, 0.3) is 0 Å². The number of primary sulfonamides is 1. The SMILES string of the molecule is Cc1c(Cl)cccc1C(=O)Nc1cccc(S(N)(=O)=O)c1. The van der Waals surface area contributed by atoms with Gasteiger partial charge in [-0.1, -0.05) is 23.7 Å². The highest BCUT2D eigenvalue weighted by Crippen LogP contribution is 2.20. The van der Waals surface area contributed by atoms with Crippen molar-refractivity contribution in [1.29, 1.82) is 0 Å². The summed E-state index contributed by atoms with van der Waals surface area (Å²) >= 11 is 5.97. The zero-order valence-electron chi connectivity index (χ0n) is 11.1. The van der Waals surface area contributed by atoms with E-state index in [1.165, 1.54) is 18.2 Å². The summed E-state index contributed by atoms with van der Waals surface area (Å²) < 4.78 is 22.6. The highest BCUT2D eigenvalue weighted by atomic mass is 35.5. The molecule has 0 radical (unpaired) electrons. The fraction of sp³-hybridized carbons (Fsp3) is 0.0714. The van der Waals surface area contributed by atoms with Crippen LogP contribution in [0.4, 0.5) is 5.69 Å². The summed E-state index contributed by atoms with van der Waals surface area (Å²) in [6.07, 6.45) is 0. The predicted octanol–water partition coefficient (Wildman–Crippen LogP) is 2.55. The largest absolute Gasteiger partial charge is 0.322 e. The Bertz CT molecular complexity index is 804. The van der Waals surface area contributed by atoms with E-state index in [4.69, 9.17) is 16.7 Å². The first-order valence-electron chi connectivity index (χ1n) is 5.98. The molecule has 7 heteroatoms. The molecule has 5 nitrogen and oxygen atoms in total. The molecule has 0 spiro atoms. The molecule has 21 heavy (non-hydrogen) atoms. The molecule has 2 aromatic rings. The molecule has 0 saturated heterocycles. The quantitative estimate of drug-likeness (QED) is 0.909. The van der Waals surface area contributed by atoms with Crippen molar-refractivity contribution in [2.24, 2.45) is 5.14 Å². The van der Waals surface area contributed by atoms with Crippen molar-refractivity contribution >= 4 is 33.2 Å². The van der Waals surface area contributed by atoms with Crippen LogP contribution < -0.4 is 10.5 Å². The van der Waals surface area contributed by atoms with Crippen LogP contribution in [0.1, 0.15) is 15.9 Å². The Balaban J connectivity index is 2.30.